The van der Waals surface area contributed by atoms with Crippen molar-refractivity contribution in [2.45, 2.75) is 32.7 Å². The molecule has 0 unspecified atom stereocenters. The second-order valence-electron chi connectivity index (χ2n) is 5.46. The Morgan fingerprint density at radius 1 is 1.12 bits per heavy atom. The zero-order valence-corrected chi connectivity index (χ0v) is 14.2. The SMILES string of the molecule is CCCCCNc1ncc(C(=O)NCc2ccc(OC)cc2)cn1. The zero-order chi connectivity index (χ0) is 17.2. The number of amides is 1. The molecule has 0 saturated carbocycles. The highest BCUT2D eigenvalue weighted by molar-refractivity contribution is 5.93. The fourth-order valence-electron chi connectivity index (χ4n) is 2.14. The van der Waals surface area contributed by atoms with E-state index in [1.807, 2.05) is 24.3 Å². The van der Waals surface area contributed by atoms with Gasteiger partial charge >= 0.3 is 0 Å². The molecule has 1 heterocycles. The molecule has 0 fully saturated rings. The van der Waals surface area contributed by atoms with E-state index in [1.165, 1.54) is 12.8 Å². The van der Waals surface area contributed by atoms with Crippen LogP contribution in [0.3, 0.4) is 0 Å². The summed E-state index contributed by atoms with van der Waals surface area (Å²) in [7, 11) is 1.62. The minimum atomic E-state index is -0.191. The molecule has 1 aromatic heterocycles. The number of carbonyl (C=O) groups excluding carboxylic acids is 1. The molecule has 128 valence electrons. The number of nitrogens with one attached hydrogen (secondary N) is 2. The van der Waals surface area contributed by atoms with Crippen molar-refractivity contribution in [3.8, 4) is 5.75 Å². The Bertz CT molecular complexity index is 626. The van der Waals surface area contributed by atoms with E-state index in [0.29, 0.717) is 18.1 Å². The van der Waals surface area contributed by atoms with Crippen LogP contribution in [0.25, 0.3) is 0 Å². The molecule has 0 bridgehead atoms. The van der Waals surface area contributed by atoms with Gasteiger partial charge in [0.2, 0.25) is 5.95 Å². The lowest BCUT2D eigenvalue weighted by Crippen LogP contribution is -2.23. The van der Waals surface area contributed by atoms with Crippen molar-refractivity contribution in [3.63, 3.8) is 0 Å². The first-order valence-corrected chi connectivity index (χ1v) is 8.20. The van der Waals surface area contributed by atoms with Crippen molar-refractivity contribution in [1.82, 2.24) is 15.3 Å². The quantitative estimate of drug-likeness (QED) is 0.692. The molecule has 0 atom stereocenters. The lowest BCUT2D eigenvalue weighted by atomic mass is 10.2. The first-order chi connectivity index (χ1) is 11.7. The molecule has 2 N–H and O–H groups in total. The van der Waals surface area contributed by atoms with Gasteiger partial charge in [-0.3, -0.25) is 4.79 Å². The topological polar surface area (TPSA) is 76.1 Å². The van der Waals surface area contributed by atoms with Crippen LogP contribution >= 0.6 is 0 Å². The summed E-state index contributed by atoms with van der Waals surface area (Å²) in [6.45, 7) is 3.45. The molecular formula is C18H24N4O2. The third-order valence-corrected chi connectivity index (χ3v) is 3.59. The second-order valence-corrected chi connectivity index (χ2v) is 5.46. The highest BCUT2D eigenvalue weighted by Gasteiger charge is 2.07. The Morgan fingerprint density at radius 3 is 2.46 bits per heavy atom. The Kier molecular flexibility index (Phi) is 7.01. The summed E-state index contributed by atoms with van der Waals surface area (Å²) in [5.41, 5.74) is 1.45. The van der Waals surface area contributed by atoms with E-state index in [9.17, 15) is 4.79 Å². The van der Waals surface area contributed by atoms with Gasteiger partial charge in [-0.25, -0.2) is 9.97 Å². The van der Waals surface area contributed by atoms with Gasteiger partial charge in [-0.2, -0.15) is 0 Å². The summed E-state index contributed by atoms with van der Waals surface area (Å²) in [5, 5.41) is 6.00. The van der Waals surface area contributed by atoms with Gasteiger partial charge in [0.15, 0.2) is 0 Å². The monoisotopic (exact) mass is 328 g/mol. The van der Waals surface area contributed by atoms with Crippen LogP contribution in [0.1, 0.15) is 42.1 Å². The number of unbranched alkanes of at least 4 members (excludes halogenated alkanes) is 2. The first-order valence-electron chi connectivity index (χ1n) is 8.20. The van der Waals surface area contributed by atoms with Crippen LogP contribution in [0, 0.1) is 0 Å². The molecule has 0 radical (unpaired) electrons. The van der Waals surface area contributed by atoms with Gasteiger partial charge in [-0.1, -0.05) is 31.9 Å². The minimum Gasteiger partial charge on any atom is -0.497 e. The molecule has 1 amide bonds. The molecule has 2 aromatic rings. The highest BCUT2D eigenvalue weighted by Crippen LogP contribution is 2.11. The lowest BCUT2D eigenvalue weighted by molar-refractivity contribution is 0.0950. The van der Waals surface area contributed by atoms with Gasteiger partial charge in [0.25, 0.3) is 5.91 Å². The van der Waals surface area contributed by atoms with Crippen molar-refractivity contribution in [3.05, 3.63) is 47.8 Å². The normalized spacial score (nSPS) is 10.2. The summed E-state index contributed by atoms with van der Waals surface area (Å²) in [4.78, 5) is 20.5. The van der Waals surface area contributed by atoms with Crippen LogP contribution in [-0.4, -0.2) is 29.5 Å². The maximum Gasteiger partial charge on any atom is 0.254 e. The summed E-state index contributed by atoms with van der Waals surface area (Å²) < 4.78 is 5.11. The summed E-state index contributed by atoms with van der Waals surface area (Å²) in [6, 6.07) is 7.56. The van der Waals surface area contributed by atoms with Gasteiger partial charge in [0.1, 0.15) is 5.75 Å². The third kappa shape index (κ3) is 5.53. The molecule has 0 spiro atoms. The summed E-state index contributed by atoms with van der Waals surface area (Å²) in [5.74, 6) is 1.15. The average molecular weight is 328 g/mol. The number of hydrogen-bond donors (Lipinski definition) is 2. The molecule has 0 aliphatic heterocycles. The molecule has 0 aliphatic rings. The van der Waals surface area contributed by atoms with Crippen molar-refractivity contribution in [1.29, 1.82) is 0 Å². The van der Waals surface area contributed by atoms with Crippen LogP contribution in [0.4, 0.5) is 5.95 Å². The third-order valence-electron chi connectivity index (χ3n) is 3.59. The first kappa shape index (κ1) is 17.7. The molecule has 6 heteroatoms. The van der Waals surface area contributed by atoms with Crippen molar-refractivity contribution in [2.24, 2.45) is 0 Å². The number of methoxy groups -OCH3 is 1. The van der Waals surface area contributed by atoms with Gasteiger partial charge in [-0.05, 0) is 24.1 Å². The van der Waals surface area contributed by atoms with Gasteiger partial charge in [0.05, 0.1) is 12.7 Å². The zero-order valence-electron chi connectivity index (χ0n) is 14.2. The standard InChI is InChI=1S/C18H24N4O2/c1-3-4-5-10-19-18-21-12-15(13-22-18)17(23)20-11-14-6-8-16(24-2)9-7-14/h6-9,12-13H,3-5,10-11H2,1-2H3,(H,20,23)(H,19,21,22). The number of carbonyl (C=O) groups is 1. The Labute approximate surface area is 142 Å². The lowest BCUT2D eigenvalue weighted by Gasteiger charge is -2.07. The number of ether oxygens (including phenoxy) is 1. The van der Waals surface area contributed by atoms with E-state index in [4.69, 9.17) is 4.74 Å². The number of nitrogens with zero attached hydrogens (tertiary/aromatic N) is 2. The molecule has 1 aromatic carbocycles. The second kappa shape index (κ2) is 9.50. The van der Waals surface area contributed by atoms with E-state index in [2.05, 4.69) is 27.5 Å². The molecule has 24 heavy (non-hydrogen) atoms. The van der Waals surface area contributed by atoms with Crippen molar-refractivity contribution in [2.75, 3.05) is 19.0 Å². The van der Waals surface area contributed by atoms with Crippen LogP contribution in [0.2, 0.25) is 0 Å². The average Bonchev–Trinajstić information content (AvgIpc) is 2.64. The Hall–Kier alpha value is -2.63. The molecular weight excluding hydrogens is 304 g/mol. The van der Waals surface area contributed by atoms with Crippen LogP contribution < -0.4 is 15.4 Å². The highest BCUT2D eigenvalue weighted by atomic mass is 16.5. The van der Waals surface area contributed by atoms with Gasteiger partial charge in [-0.15, -0.1) is 0 Å². The van der Waals surface area contributed by atoms with E-state index in [-0.39, 0.29) is 5.91 Å². The number of anilines is 1. The predicted octanol–water partition coefficient (Wildman–Crippen LogP) is 3.02. The van der Waals surface area contributed by atoms with Crippen molar-refractivity contribution >= 4 is 11.9 Å². The van der Waals surface area contributed by atoms with Gasteiger partial charge in [0, 0.05) is 25.5 Å². The fourth-order valence-corrected chi connectivity index (χ4v) is 2.14. The fraction of sp³-hybridized carbons (Fsp3) is 0.389. The number of aromatic nitrogens is 2. The smallest absolute Gasteiger partial charge is 0.254 e. The molecule has 0 saturated heterocycles. The number of benzene rings is 1. The van der Waals surface area contributed by atoms with E-state index < -0.39 is 0 Å². The van der Waals surface area contributed by atoms with E-state index in [0.717, 1.165) is 24.3 Å². The van der Waals surface area contributed by atoms with Crippen LogP contribution in [0.5, 0.6) is 5.75 Å². The van der Waals surface area contributed by atoms with E-state index in [1.54, 1.807) is 19.5 Å². The Balaban J connectivity index is 1.81. The molecule has 2 rings (SSSR count). The predicted molar refractivity (Wildman–Crippen MR) is 94.2 cm³/mol. The Morgan fingerprint density at radius 2 is 1.83 bits per heavy atom. The van der Waals surface area contributed by atoms with Gasteiger partial charge < -0.3 is 15.4 Å². The maximum atomic E-state index is 12.1. The van der Waals surface area contributed by atoms with E-state index >= 15 is 0 Å². The maximum absolute atomic E-state index is 12.1. The van der Waals surface area contributed by atoms with Crippen LogP contribution in [0.15, 0.2) is 36.7 Å². The van der Waals surface area contributed by atoms with Crippen molar-refractivity contribution < 1.29 is 9.53 Å². The molecule has 6 nitrogen and oxygen atoms in total. The summed E-state index contributed by atoms with van der Waals surface area (Å²) in [6.07, 6.45) is 6.52. The van der Waals surface area contributed by atoms with Crippen LogP contribution in [-0.2, 0) is 6.54 Å². The summed E-state index contributed by atoms with van der Waals surface area (Å²) >= 11 is 0. The number of hydrogen-bond acceptors (Lipinski definition) is 5. The minimum absolute atomic E-state index is 0.191. The number of rotatable bonds is 9. The molecule has 0 aliphatic carbocycles. The largest absolute Gasteiger partial charge is 0.497 e.